The molecule has 5 heterocycles. The van der Waals surface area contributed by atoms with Gasteiger partial charge in [-0.05, 0) is 93.1 Å². The van der Waals surface area contributed by atoms with Gasteiger partial charge in [-0.15, -0.1) is 0 Å². The van der Waals surface area contributed by atoms with Crippen LogP contribution in [0.5, 0.6) is 0 Å². The number of nitrogens with two attached hydrogens (primary N) is 5. The molecule has 714 valence electrons. The van der Waals surface area contributed by atoms with Gasteiger partial charge in [0.25, 0.3) is 64.8 Å². The number of nitriles is 1. The molecule has 0 saturated heterocycles. The van der Waals surface area contributed by atoms with Crippen molar-refractivity contribution < 1.29 is 98.5 Å². The van der Waals surface area contributed by atoms with Gasteiger partial charge in [-0.2, -0.15) is 33.7 Å². The molecule has 10 amide bonds. The Morgan fingerprint density at radius 3 is 1.14 bits per heavy atom. The van der Waals surface area contributed by atoms with Crippen LogP contribution >= 0.6 is 27.5 Å². The summed E-state index contributed by atoms with van der Waals surface area (Å²) in [5, 5.41) is 41.3. The first-order valence-corrected chi connectivity index (χ1v) is 42.9. The zero-order valence-electron chi connectivity index (χ0n) is 73.7. The molecule has 0 saturated carbocycles. The van der Waals surface area contributed by atoms with Gasteiger partial charge in [-0.25, -0.2) is 13.8 Å². The maximum Gasteiger partial charge on any atom is 0.453 e. The third kappa shape index (κ3) is 28.6. The van der Waals surface area contributed by atoms with Crippen molar-refractivity contribution in [3.8, 4) is 40.0 Å². The Kier molecular flexibility index (Phi) is 36.7. The van der Waals surface area contributed by atoms with E-state index in [1.54, 1.807) is 178 Å². The lowest BCUT2D eigenvalue weighted by Crippen LogP contribution is -2.47. The second-order valence-corrected chi connectivity index (χ2v) is 31.3. The van der Waals surface area contributed by atoms with Gasteiger partial charge in [0.05, 0.1) is 17.1 Å². The number of aromatic nitrogens is 8. The molecule has 9 aromatic carbocycles. The number of hydrogen-bond acceptors (Lipinski definition) is 23. The first-order valence-electron chi connectivity index (χ1n) is 41.7. The Hall–Kier alpha value is -17.9. The standard InChI is InChI=1S/C21H16F3N3O4.C21H17N5O3.C21H20N4O3.C20H16FN3O4.C15H14BrClN4O3/c22-21(23,24)18-15(16(27-31-18)13-9-5-2-6-10-13)20(30)26-14(17(28)19(25)29)11-12-7-3-1-4-8-12;22-13-16-12-18(25-26(16)15-9-5-2-6-10-15)21(29)24-17(19(27)20(23)28)11-14-7-3-1-4-8-14;1-14-12-18(25(24-14)16-10-6-3-7-11-16)21(28)23-17(19(26)20(22)27)13-15-8-4-2-5-9-15;21-15-9-5-4-8-13(15)17-14(11-28-24-17)20(27)23-16(18(25)19(22)26)10-12-6-2-1-3-7-12;1-21-13(17)10(12(16)20-21)15(24)19-9(11(22)14(18)23)7-8-5-3-2-4-6-8/h1-10,14H,11H2,(H2,25,29)(H,26,30);1-10,12,17H,11H2,(H2,23,28)(H,24,29);2-12,17H,13H2,1H3,(H2,22,27)(H,23,28);1-9,11,16H,10H2,(H2,22,26)(H,23,27);2-6,9H,7H2,1H3,(H2,18,23)(H,19,24). The molecule has 42 heteroatoms. The minimum absolute atomic E-state index is 0.0133. The van der Waals surface area contributed by atoms with Gasteiger partial charge < -0.3 is 64.3 Å². The Labute approximate surface area is 806 Å². The van der Waals surface area contributed by atoms with Gasteiger partial charge in [-0.3, -0.25) is 76.6 Å². The van der Waals surface area contributed by atoms with Crippen molar-refractivity contribution in [1.82, 2.24) is 66.2 Å². The zero-order valence-corrected chi connectivity index (χ0v) is 76.0. The van der Waals surface area contributed by atoms with E-state index in [0.717, 1.165) is 28.5 Å². The van der Waals surface area contributed by atoms with E-state index >= 15 is 0 Å². The molecule has 140 heavy (non-hydrogen) atoms. The Morgan fingerprint density at radius 1 is 0.429 bits per heavy atom. The number of benzene rings is 9. The number of primary amides is 5. The number of ketones is 5. The molecule has 14 aromatic rings. The molecule has 5 atom stereocenters. The fraction of sp³-hybridized carbons (Fsp3) is 0.133. The summed E-state index contributed by atoms with van der Waals surface area (Å²) in [7, 11) is 1.57. The average molecular weight is 1990 g/mol. The third-order valence-corrected chi connectivity index (χ3v) is 21.2. The number of carbonyl (C=O) groups is 15. The van der Waals surface area contributed by atoms with E-state index in [-0.39, 0.29) is 92.6 Å². The van der Waals surface area contributed by atoms with E-state index in [0.29, 0.717) is 22.6 Å². The summed E-state index contributed by atoms with van der Waals surface area (Å²) in [4.78, 5) is 181. The number of halogens is 6. The summed E-state index contributed by atoms with van der Waals surface area (Å²) in [5.74, 6) is -16.6. The molecule has 0 aliphatic rings. The van der Waals surface area contributed by atoms with Crippen LogP contribution in [0.3, 0.4) is 0 Å². The molecule has 14 rings (SSSR count). The molecule has 0 aliphatic heterocycles. The lowest BCUT2D eigenvalue weighted by atomic mass is 10.00. The monoisotopic (exact) mass is 1990 g/mol. The Morgan fingerprint density at radius 2 is 0.771 bits per heavy atom. The van der Waals surface area contributed by atoms with Gasteiger partial charge in [0.15, 0.2) is 5.69 Å². The molecule has 15 N–H and O–H groups in total. The maximum atomic E-state index is 14.1. The summed E-state index contributed by atoms with van der Waals surface area (Å²) >= 11 is 9.17. The van der Waals surface area contributed by atoms with E-state index in [1.165, 1.54) is 50.4 Å². The highest BCUT2D eigenvalue weighted by Crippen LogP contribution is 2.37. The number of hydrogen-bond donors (Lipinski definition) is 10. The second kappa shape index (κ2) is 49.3. The first kappa shape index (κ1) is 104. The SMILES string of the molecule is Cc1cc(C(=O)NC(Cc2ccccc2)C(=O)C(N)=O)n(-c2ccccc2)n1.Cn1nc(Br)c(C(=O)NC(Cc2ccccc2)C(=O)C(N)=O)c1Cl.N#Cc1cc(C(=O)NC(Cc2ccccc2)C(=O)C(N)=O)nn1-c1ccccc1.NC(=O)C(=O)C(Cc1ccccc1)NC(=O)c1c(-c2ccccc2)noc1C(F)(F)F.NC(=O)C(=O)C(Cc1ccccc1)NC(=O)c1conc1-c1ccccc1F. The van der Waals surface area contributed by atoms with Gasteiger partial charge in [0, 0.05) is 56.3 Å². The molecular formula is C98H83BrClF4N19O17. The van der Waals surface area contributed by atoms with E-state index in [1.807, 2.05) is 84.9 Å². The van der Waals surface area contributed by atoms with Gasteiger partial charge in [-0.1, -0.05) is 252 Å². The molecule has 5 aromatic heterocycles. The van der Waals surface area contributed by atoms with Crippen molar-refractivity contribution in [2.24, 2.45) is 35.7 Å². The lowest BCUT2D eigenvalue weighted by molar-refractivity contribution is -0.156. The normalized spacial score (nSPS) is 11.7. The summed E-state index contributed by atoms with van der Waals surface area (Å²) in [6.45, 7) is 1.77. The topological polar surface area (TPSA) is 576 Å². The Balaban J connectivity index is 0.000000181. The molecule has 5 unspecified atom stereocenters. The molecule has 36 nitrogen and oxygen atoms in total. The van der Waals surface area contributed by atoms with Crippen LogP contribution in [0.2, 0.25) is 5.15 Å². The number of aryl methyl sites for hydroxylation is 2. The minimum Gasteiger partial charge on any atom is -0.363 e. The number of rotatable bonds is 34. The maximum absolute atomic E-state index is 14.1. The average Bonchev–Trinajstić information content (AvgIpc) is 1.63. The molecule has 0 bridgehead atoms. The smallest absolute Gasteiger partial charge is 0.363 e. The number of para-hydroxylation sites is 2. The van der Waals surface area contributed by atoms with Crippen molar-refractivity contribution in [3.05, 3.63) is 374 Å². The summed E-state index contributed by atoms with van der Waals surface area (Å²) in [6, 6.07) is 74.4. The van der Waals surface area contributed by atoms with Crippen molar-refractivity contribution in [1.29, 1.82) is 5.26 Å². The van der Waals surface area contributed by atoms with Crippen LogP contribution < -0.4 is 55.3 Å². The number of nitrogens with one attached hydrogen (secondary N) is 5. The largest absolute Gasteiger partial charge is 0.453 e. The third-order valence-electron chi connectivity index (χ3n) is 20.2. The second-order valence-electron chi connectivity index (χ2n) is 30.1. The molecular weight excluding hydrogens is 1910 g/mol. The first-order chi connectivity index (χ1) is 66.9. The summed E-state index contributed by atoms with van der Waals surface area (Å²) in [5.41, 5.74) is 30.5. The highest BCUT2D eigenvalue weighted by atomic mass is 79.9. The van der Waals surface area contributed by atoms with Crippen molar-refractivity contribution in [3.63, 3.8) is 0 Å². The highest BCUT2D eigenvalue weighted by molar-refractivity contribution is 9.10. The van der Waals surface area contributed by atoms with E-state index < -0.39 is 142 Å². The summed E-state index contributed by atoms with van der Waals surface area (Å²) < 4.78 is 68.0. The molecule has 0 aliphatic carbocycles. The molecule has 0 spiro atoms. The number of alkyl halides is 3. The van der Waals surface area contributed by atoms with Crippen LogP contribution in [-0.2, 0) is 93.3 Å². The van der Waals surface area contributed by atoms with Crippen molar-refractivity contribution >= 4 is 116 Å². The van der Waals surface area contributed by atoms with E-state index in [9.17, 15) is 94.7 Å². The van der Waals surface area contributed by atoms with Crippen molar-refractivity contribution in [2.45, 2.75) is 75.4 Å². The number of Topliss-reactive ketones (excluding diaryl/α,β-unsaturated/α-hetero) is 5. The number of carbonyl (C=O) groups excluding carboxylic acids is 15. The predicted octanol–water partition coefficient (Wildman–Crippen LogP) is 8.58. The quantitative estimate of drug-likeness (QED) is 0.0133. The Bertz CT molecular complexity index is 6890. The van der Waals surface area contributed by atoms with E-state index in [2.05, 4.69) is 72.6 Å². The fourth-order valence-corrected chi connectivity index (χ4v) is 14.4. The van der Waals surface area contributed by atoms with Gasteiger partial charge in [0.1, 0.15) is 97.6 Å². The predicted molar refractivity (Wildman–Crippen MR) is 499 cm³/mol. The zero-order chi connectivity index (χ0) is 101. The van der Waals surface area contributed by atoms with Crippen LogP contribution in [0.1, 0.15) is 97.0 Å². The number of nitrogens with zero attached hydrogens (tertiary/aromatic N) is 9. The lowest BCUT2D eigenvalue weighted by Gasteiger charge is -2.17. The fourth-order valence-electron chi connectivity index (χ4n) is 13.5. The van der Waals surface area contributed by atoms with Gasteiger partial charge >= 0.3 is 6.18 Å². The number of amides is 10. The highest BCUT2D eigenvalue weighted by Gasteiger charge is 2.44. The van der Waals surface area contributed by atoms with E-state index in [4.69, 9.17) is 44.8 Å². The van der Waals surface area contributed by atoms with Crippen LogP contribution in [0, 0.1) is 24.1 Å². The summed E-state index contributed by atoms with van der Waals surface area (Å²) in [6.07, 6.45) is -3.67. The van der Waals surface area contributed by atoms with Gasteiger partial charge in [0.2, 0.25) is 28.9 Å². The van der Waals surface area contributed by atoms with Crippen LogP contribution in [0.15, 0.2) is 299 Å². The molecule has 0 fully saturated rings. The molecule has 0 radical (unpaired) electrons. The minimum atomic E-state index is -5.02. The van der Waals surface area contributed by atoms with Crippen LogP contribution in [-0.4, -0.2) is 158 Å². The van der Waals surface area contributed by atoms with Crippen molar-refractivity contribution in [2.75, 3.05) is 0 Å². The van der Waals surface area contributed by atoms with Crippen LogP contribution in [0.25, 0.3) is 33.9 Å². The van der Waals surface area contributed by atoms with Crippen LogP contribution in [0.4, 0.5) is 17.6 Å².